The predicted molar refractivity (Wildman–Crippen MR) is 84.8 cm³/mol. The van der Waals surface area contributed by atoms with Crippen LogP contribution in [0.25, 0.3) is 0 Å². The Kier molecular flexibility index (Phi) is 2.99. The summed E-state index contributed by atoms with van der Waals surface area (Å²) in [5.41, 5.74) is 1.33. The average molecular weight is 324 g/mol. The molecule has 2 saturated heterocycles. The van der Waals surface area contributed by atoms with Crippen LogP contribution in [0.5, 0.6) is 0 Å². The molecule has 0 radical (unpaired) electrons. The van der Waals surface area contributed by atoms with E-state index >= 15 is 0 Å². The van der Waals surface area contributed by atoms with E-state index in [1.165, 1.54) is 5.70 Å². The van der Waals surface area contributed by atoms with Gasteiger partial charge in [-0.2, -0.15) is 0 Å². The second kappa shape index (κ2) is 4.91. The Bertz CT molecular complexity index is 564. The molecule has 5 rings (SSSR count). The summed E-state index contributed by atoms with van der Waals surface area (Å²) < 4.78 is 11.0. The van der Waals surface area contributed by atoms with Gasteiger partial charge >= 0.3 is 0 Å². The number of thioether (sulfide) groups is 2. The minimum atomic E-state index is 0.316. The SMILES string of the molecule is C1=C(CSC2=N[C@@H]3COC[C@H]3N2)N2C(=NC3COCC32)S1. The van der Waals surface area contributed by atoms with E-state index in [1.54, 1.807) is 23.5 Å². The van der Waals surface area contributed by atoms with Gasteiger partial charge in [-0.05, 0) is 5.41 Å². The van der Waals surface area contributed by atoms with Gasteiger partial charge in [0.1, 0.15) is 0 Å². The van der Waals surface area contributed by atoms with Crippen LogP contribution in [0.3, 0.4) is 0 Å². The van der Waals surface area contributed by atoms with Crippen molar-refractivity contribution in [3.05, 3.63) is 11.1 Å². The number of aliphatic imine (C=N–C) groups is 2. The van der Waals surface area contributed by atoms with Crippen molar-refractivity contribution in [3.63, 3.8) is 0 Å². The number of hydrogen-bond acceptors (Lipinski definition) is 8. The van der Waals surface area contributed by atoms with Crippen molar-refractivity contribution in [2.45, 2.75) is 24.2 Å². The molecule has 21 heavy (non-hydrogen) atoms. The summed E-state index contributed by atoms with van der Waals surface area (Å²) in [5.74, 6) is 0.932. The molecule has 0 aromatic rings. The Hall–Kier alpha value is -0.700. The highest BCUT2D eigenvalue weighted by Crippen LogP contribution is 2.38. The van der Waals surface area contributed by atoms with Crippen LogP contribution in [0.1, 0.15) is 0 Å². The molecule has 5 aliphatic heterocycles. The van der Waals surface area contributed by atoms with Crippen molar-refractivity contribution in [1.29, 1.82) is 0 Å². The van der Waals surface area contributed by atoms with Gasteiger partial charge in [0.25, 0.3) is 0 Å². The van der Waals surface area contributed by atoms with Gasteiger partial charge in [-0.3, -0.25) is 9.98 Å². The van der Waals surface area contributed by atoms with Crippen molar-refractivity contribution in [3.8, 4) is 0 Å². The number of hydrogen-bond donors (Lipinski definition) is 1. The number of fused-ring (bicyclic) bond motifs is 4. The van der Waals surface area contributed by atoms with Crippen LogP contribution >= 0.6 is 23.5 Å². The zero-order valence-corrected chi connectivity index (χ0v) is 13.0. The molecule has 0 aromatic carbocycles. The molecule has 0 amide bonds. The van der Waals surface area contributed by atoms with Crippen LogP contribution in [0, 0.1) is 0 Å². The van der Waals surface area contributed by atoms with Gasteiger partial charge in [0, 0.05) is 11.4 Å². The quantitative estimate of drug-likeness (QED) is 0.797. The van der Waals surface area contributed by atoms with E-state index in [0.29, 0.717) is 24.2 Å². The zero-order valence-electron chi connectivity index (χ0n) is 11.4. The number of ether oxygens (including phenoxy) is 2. The van der Waals surface area contributed by atoms with E-state index in [2.05, 4.69) is 15.6 Å². The summed E-state index contributed by atoms with van der Waals surface area (Å²) in [6.07, 6.45) is 0. The monoisotopic (exact) mass is 324 g/mol. The standard InChI is InChI=1S/C13H16N4O2S2/c1-8-9(2-18-1)15-12(14-8)20-5-7-6-21-13-16-10-3-19-4-11(10)17(7)13/h6,8-11H,1-5H2,(H,14,15)/t8-,9-,10?,11?/m1/s1. The molecular weight excluding hydrogens is 308 g/mol. The fraction of sp³-hybridized carbons (Fsp3) is 0.692. The highest BCUT2D eigenvalue weighted by atomic mass is 32.2. The molecule has 112 valence electrons. The van der Waals surface area contributed by atoms with Gasteiger partial charge in [-0.25, -0.2) is 0 Å². The van der Waals surface area contributed by atoms with E-state index in [4.69, 9.17) is 19.5 Å². The minimum Gasteiger partial charge on any atom is -0.377 e. The van der Waals surface area contributed by atoms with Gasteiger partial charge < -0.3 is 19.7 Å². The third-order valence-electron chi connectivity index (χ3n) is 4.44. The first-order chi connectivity index (χ1) is 10.4. The van der Waals surface area contributed by atoms with Crippen molar-refractivity contribution < 1.29 is 9.47 Å². The zero-order chi connectivity index (χ0) is 13.8. The van der Waals surface area contributed by atoms with Gasteiger partial charge in [0.15, 0.2) is 10.3 Å². The van der Waals surface area contributed by atoms with Crippen LogP contribution in [0.2, 0.25) is 0 Å². The van der Waals surface area contributed by atoms with E-state index in [-0.39, 0.29) is 0 Å². The second-order valence-corrected chi connectivity index (χ2v) is 7.56. The molecule has 0 aliphatic carbocycles. The first-order valence-electron chi connectivity index (χ1n) is 7.24. The molecule has 5 heterocycles. The molecule has 1 N–H and O–H groups in total. The van der Waals surface area contributed by atoms with Crippen LogP contribution in [0.4, 0.5) is 0 Å². The maximum Gasteiger partial charge on any atom is 0.168 e. The highest BCUT2D eigenvalue weighted by molar-refractivity contribution is 8.17. The molecule has 0 aromatic heterocycles. The molecule has 2 unspecified atom stereocenters. The largest absolute Gasteiger partial charge is 0.377 e. The molecule has 0 saturated carbocycles. The molecule has 2 fully saturated rings. The summed E-state index contributed by atoms with van der Waals surface area (Å²) in [6, 6.07) is 1.44. The van der Waals surface area contributed by atoms with Gasteiger partial charge in [-0.15, -0.1) is 0 Å². The van der Waals surface area contributed by atoms with Crippen molar-refractivity contribution in [2.75, 3.05) is 32.2 Å². The molecule has 0 bridgehead atoms. The van der Waals surface area contributed by atoms with E-state index in [1.807, 2.05) is 0 Å². The third kappa shape index (κ3) is 2.03. The number of nitrogens with one attached hydrogen (secondary N) is 1. The maximum atomic E-state index is 5.55. The topological polar surface area (TPSA) is 58.5 Å². The van der Waals surface area contributed by atoms with E-state index < -0.39 is 0 Å². The highest BCUT2D eigenvalue weighted by Gasteiger charge is 2.44. The lowest BCUT2D eigenvalue weighted by Gasteiger charge is -2.23. The third-order valence-corrected chi connectivity index (χ3v) is 6.28. The fourth-order valence-corrected chi connectivity index (χ4v) is 5.39. The van der Waals surface area contributed by atoms with Crippen LogP contribution < -0.4 is 5.32 Å². The summed E-state index contributed by atoms with van der Waals surface area (Å²) in [5, 5.41) is 7.89. The molecule has 4 atom stereocenters. The molecule has 5 aliphatic rings. The summed E-state index contributed by atoms with van der Waals surface area (Å²) >= 11 is 3.53. The molecular formula is C13H16N4O2S2. The Morgan fingerprint density at radius 2 is 2.14 bits per heavy atom. The van der Waals surface area contributed by atoms with Gasteiger partial charge in [0.05, 0.1) is 50.6 Å². The average Bonchev–Trinajstić information content (AvgIpc) is 3.20. The Balaban J connectivity index is 1.25. The summed E-state index contributed by atoms with van der Waals surface area (Å²) in [6.45, 7) is 3.09. The Morgan fingerprint density at radius 1 is 1.24 bits per heavy atom. The maximum absolute atomic E-state index is 5.55. The number of nitrogens with zero attached hydrogens (tertiary/aromatic N) is 3. The van der Waals surface area contributed by atoms with Crippen LogP contribution in [-0.4, -0.2) is 71.6 Å². The lowest BCUT2D eigenvalue weighted by Crippen LogP contribution is -2.37. The van der Waals surface area contributed by atoms with E-state index in [0.717, 1.165) is 42.5 Å². The minimum absolute atomic E-state index is 0.316. The van der Waals surface area contributed by atoms with Gasteiger partial charge in [-0.1, -0.05) is 23.5 Å². The smallest absolute Gasteiger partial charge is 0.168 e. The summed E-state index contributed by atoms with van der Waals surface area (Å²) in [4.78, 5) is 11.8. The van der Waals surface area contributed by atoms with Crippen LogP contribution in [0.15, 0.2) is 21.1 Å². The molecule has 8 heteroatoms. The number of rotatable bonds is 2. The number of amidine groups is 2. The lowest BCUT2D eigenvalue weighted by molar-refractivity contribution is 0.178. The van der Waals surface area contributed by atoms with Crippen molar-refractivity contribution >= 4 is 33.9 Å². The Labute approximate surface area is 131 Å². The summed E-state index contributed by atoms with van der Waals surface area (Å²) in [7, 11) is 0. The normalized spacial score (nSPS) is 39.6. The predicted octanol–water partition coefficient (Wildman–Crippen LogP) is 0.473. The first kappa shape index (κ1) is 12.8. The van der Waals surface area contributed by atoms with E-state index in [9.17, 15) is 0 Å². The van der Waals surface area contributed by atoms with Crippen molar-refractivity contribution in [2.24, 2.45) is 9.98 Å². The Morgan fingerprint density at radius 3 is 3.10 bits per heavy atom. The second-order valence-electron chi connectivity index (χ2n) is 5.76. The lowest BCUT2D eigenvalue weighted by atomic mass is 10.2. The molecule has 0 spiro atoms. The fourth-order valence-electron chi connectivity index (χ4n) is 3.33. The molecule has 6 nitrogen and oxygen atoms in total. The van der Waals surface area contributed by atoms with Gasteiger partial charge in [0.2, 0.25) is 0 Å². The van der Waals surface area contributed by atoms with Crippen molar-refractivity contribution in [1.82, 2.24) is 10.2 Å². The first-order valence-corrected chi connectivity index (χ1v) is 9.10. The van der Waals surface area contributed by atoms with Crippen LogP contribution in [-0.2, 0) is 9.47 Å².